The van der Waals surface area contributed by atoms with Gasteiger partial charge in [-0.25, -0.2) is 0 Å². The fourth-order valence-electron chi connectivity index (χ4n) is 3.18. The van der Waals surface area contributed by atoms with Gasteiger partial charge in [-0.05, 0) is 52.0 Å². The Balaban J connectivity index is 1.98. The maximum atomic E-state index is 5.45. The smallest absolute Gasteiger partial charge is 0.162 e. The van der Waals surface area contributed by atoms with E-state index < -0.39 is 0 Å². The van der Waals surface area contributed by atoms with Gasteiger partial charge in [0.05, 0.1) is 19.7 Å². The summed E-state index contributed by atoms with van der Waals surface area (Å²) in [7, 11) is 5.49. The van der Waals surface area contributed by atoms with Gasteiger partial charge in [0.1, 0.15) is 0 Å². The summed E-state index contributed by atoms with van der Waals surface area (Å²) in [6.45, 7) is 4.30. The summed E-state index contributed by atoms with van der Waals surface area (Å²) in [4.78, 5) is 7.02. The number of rotatable bonds is 4. The summed E-state index contributed by atoms with van der Waals surface area (Å²) in [5.41, 5.74) is 3.06. The molecule has 1 N–H and O–H groups in total. The van der Waals surface area contributed by atoms with Gasteiger partial charge in [-0.15, -0.1) is 0 Å². The molecule has 5 nitrogen and oxygen atoms in total. The van der Waals surface area contributed by atoms with E-state index in [-0.39, 0.29) is 0 Å². The van der Waals surface area contributed by atoms with E-state index in [0.717, 1.165) is 54.0 Å². The summed E-state index contributed by atoms with van der Waals surface area (Å²) in [6, 6.07) is 6.58. The molecule has 0 atom stereocenters. The number of benzene rings is 1. The second-order valence-corrected chi connectivity index (χ2v) is 6.26. The molecule has 0 unspecified atom stereocenters. The number of anilines is 1. The first-order valence-electron chi connectivity index (χ1n) is 8.09. The first-order valence-corrected chi connectivity index (χ1v) is 8.09. The molecule has 3 rings (SSSR count). The van der Waals surface area contributed by atoms with Crippen LogP contribution < -0.4 is 14.8 Å². The van der Waals surface area contributed by atoms with E-state index in [1.165, 1.54) is 0 Å². The van der Waals surface area contributed by atoms with E-state index in [0.29, 0.717) is 11.8 Å². The van der Waals surface area contributed by atoms with E-state index in [1.807, 2.05) is 19.1 Å². The fourth-order valence-corrected chi connectivity index (χ4v) is 3.18. The molecule has 5 heteroatoms. The van der Waals surface area contributed by atoms with Crippen molar-refractivity contribution < 1.29 is 9.47 Å². The molecule has 0 amide bonds. The number of nitrogens with zero attached hydrogens (tertiary/aromatic N) is 2. The highest BCUT2D eigenvalue weighted by Gasteiger charge is 2.18. The van der Waals surface area contributed by atoms with Crippen LogP contribution in [0.5, 0.6) is 11.5 Å². The zero-order chi connectivity index (χ0) is 16.4. The number of aryl methyl sites for hydroxylation is 1. The Morgan fingerprint density at radius 2 is 1.74 bits per heavy atom. The molecule has 1 aliphatic heterocycles. The molecular formula is C18H25N3O2. The molecule has 2 heterocycles. The topological polar surface area (TPSA) is 46.6 Å². The van der Waals surface area contributed by atoms with Gasteiger partial charge < -0.3 is 19.7 Å². The molecule has 1 saturated heterocycles. The average Bonchev–Trinajstić information content (AvgIpc) is 2.55. The maximum Gasteiger partial charge on any atom is 0.162 e. The highest BCUT2D eigenvalue weighted by atomic mass is 16.5. The van der Waals surface area contributed by atoms with Crippen LogP contribution in [-0.4, -0.2) is 50.3 Å². The van der Waals surface area contributed by atoms with Gasteiger partial charge >= 0.3 is 0 Å². The van der Waals surface area contributed by atoms with Crippen molar-refractivity contribution in [3.05, 3.63) is 23.9 Å². The van der Waals surface area contributed by atoms with E-state index in [1.54, 1.807) is 14.2 Å². The maximum absolute atomic E-state index is 5.45. The Bertz CT molecular complexity index is 694. The van der Waals surface area contributed by atoms with Gasteiger partial charge in [0.2, 0.25) is 0 Å². The van der Waals surface area contributed by atoms with E-state index >= 15 is 0 Å². The predicted molar refractivity (Wildman–Crippen MR) is 93.7 cm³/mol. The number of aromatic nitrogens is 1. The summed E-state index contributed by atoms with van der Waals surface area (Å²) in [5, 5.41) is 4.79. The number of hydrogen-bond donors (Lipinski definition) is 1. The molecule has 1 aromatic heterocycles. The molecule has 124 valence electrons. The summed E-state index contributed by atoms with van der Waals surface area (Å²) < 4.78 is 10.8. The van der Waals surface area contributed by atoms with Crippen molar-refractivity contribution in [3.63, 3.8) is 0 Å². The standard InChI is InChI=1S/C18H25N3O2/c1-12-9-15(20-13-5-7-21(2)8-6-13)14-10-17(22-3)18(23-4)11-16(14)19-12/h9-11,13H,5-8H2,1-4H3,(H,19,20). The SMILES string of the molecule is COc1cc2nc(C)cc(NC3CCN(C)CC3)c2cc1OC. The van der Waals surface area contributed by atoms with Crippen LogP contribution in [0.1, 0.15) is 18.5 Å². The quantitative estimate of drug-likeness (QED) is 0.939. The molecule has 0 saturated carbocycles. The van der Waals surface area contributed by atoms with Crippen LogP contribution in [0.2, 0.25) is 0 Å². The molecule has 23 heavy (non-hydrogen) atoms. The van der Waals surface area contributed by atoms with Crippen molar-refractivity contribution in [2.24, 2.45) is 0 Å². The number of nitrogens with one attached hydrogen (secondary N) is 1. The minimum atomic E-state index is 0.504. The van der Waals surface area contributed by atoms with Crippen LogP contribution in [0.4, 0.5) is 5.69 Å². The number of piperidine rings is 1. The highest BCUT2D eigenvalue weighted by Crippen LogP contribution is 2.35. The Hall–Kier alpha value is -2.01. The Labute approximate surface area is 137 Å². The van der Waals surface area contributed by atoms with E-state index in [9.17, 15) is 0 Å². The molecular weight excluding hydrogens is 290 g/mol. The molecule has 0 radical (unpaired) electrons. The normalized spacial score (nSPS) is 16.5. The number of hydrogen-bond acceptors (Lipinski definition) is 5. The van der Waals surface area contributed by atoms with Gasteiger partial charge in [-0.2, -0.15) is 0 Å². The van der Waals surface area contributed by atoms with Gasteiger partial charge in [0, 0.05) is 28.9 Å². The molecule has 1 fully saturated rings. The number of fused-ring (bicyclic) bond motifs is 1. The lowest BCUT2D eigenvalue weighted by molar-refractivity contribution is 0.264. The average molecular weight is 315 g/mol. The third-order valence-electron chi connectivity index (χ3n) is 4.52. The molecule has 0 spiro atoms. The van der Waals surface area contributed by atoms with Crippen LogP contribution in [-0.2, 0) is 0 Å². The lowest BCUT2D eigenvalue weighted by Crippen LogP contribution is -2.36. The number of likely N-dealkylation sites (tertiary alicyclic amines) is 1. The van der Waals surface area contributed by atoms with Crippen LogP contribution in [0.15, 0.2) is 18.2 Å². The van der Waals surface area contributed by atoms with Crippen LogP contribution in [0.25, 0.3) is 10.9 Å². The van der Waals surface area contributed by atoms with E-state index in [4.69, 9.17) is 9.47 Å². The lowest BCUT2D eigenvalue weighted by atomic mass is 10.0. The summed E-state index contributed by atoms with van der Waals surface area (Å²) in [6.07, 6.45) is 2.32. The van der Waals surface area contributed by atoms with Crippen molar-refractivity contribution in [3.8, 4) is 11.5 Å². The second kappa shape index (κ2) is 6.62. The van der Waals surface area contributed by atoms with Crippen molar-refractivity contribution in [2.45, 2.75) is 25.8 Å². The van der Waals surface area contributed by atoms with Crippen molar-refractivity contribution in [2.75, 3.05) is 39.7 Å². The lowest BCUT2D eigenvalue weighted by Gasteiger charge is -2.30. The van der Waals surface area contributed by atoms with Crippen molar-refractivity contribution in [1.29, 1.82) is 0 Å². The van der Waals surface area contributed by atoms with Crippen molar-refractivity contribution in [1.82, 2.24) is 9.88 Å². The van der Waals surface area contributed by atoms with Crippen LogP contribution >= 0.6 is 0 Å². The summed E-state index contributed by atoms with van der Waals surface area (Å²) >= 11 is 0. The first kappa shape index (κ1) is 15.9. The zero-order valence-electron chi connectivity index (χ0n) is 14.3. The highest BCUT2D eigenvalue weighted by molar-refractivity contribution is 5.94. The monoisotopic (exact) mass is 315 g/mol. The molecule has 2 aromatic rings. The third kappa shape index (κ3) is 3.34. The zero-order valence-corrected chi connectivity index (χ0v) is 14.3. The number of methoxy groups -OCH3 is 2. The number of pyridine rings is 1. The summed E-state index contributed by atoms with van der Waals surface area (Å²) in [5.74, 6) is 1.44. The van der Waals surface area contributed by atoms with Gasteiger partial charge in [0.15, 0.2) is 11.5 Å². The molecule has 0 bridgehead atoms. The van der Waals surface area contributed by atoms with Crippen molar-refractivity contribution >= 4 is 16.6 Å². The number of ether oxygens (including phenoxy) is 2. The van der Waals surface area contributed by atoms with Crippen LogP contribution in [0, 0.1) is 6.92 Å². The fraction of sp³-hybridized carbons (Fsp3) is 0.500. The van der Waals surface area contributed by atoms with Gasteiger partial charge in [-0.1, -0.05) is 0 Å². The first-order chi connectivity index (χ1) is 11.1. The molecule has 1 aromatic carbocycles. The third-order valence-corrected chi connectivity index (χ3v) is 4.52. The van der Waals surface area contributed by atoms with Crippen LogP contribution in [0.3, 0.4) is 0 Å². The minimum Gasteiger partial charge on any atom is -0.493 e. The largest absolute Gasteiger partial charge is 0.493 e. The van der Waals surface area contributed by atoms with E-state index in [2.05, 4.69) is 28.3 Å². The molecule has 0 aliphatic carbocycles. The minimum absolute atomic E-state index is 0.504. The van der Waals surface area contributed by atoms with Gasteiger partial charge in [0.25, 0.3) is 0 Å². The Morgan fingerprint density at radius 3 is 2.39 bits per heavy atom. The second-order valence-electron chi connectivity index (χ2n) is 6.26. The molecule has 1 aliphatic rings. The predicted octanol–water partition coefficient (Wildman–Crippen LogP) is 3.07. The Kier molecular flexibility index (Phi) is 4.57. The Morgan fingerprint density at radius 1 is 1.09 bits per heavy atom. The van der Waals surface area contributed by atoms with Gasteiger partial charge in [-0.3, -0.25) is 4.98 Å².